The van der Waals surface area contributed by atoms with E-state index in [0.717, 1.165) is 25.7 Å². The fourth-order valence-corrected chi connectivity index (χ4v) is 5.66. The van der Waals surface area contributed by atoms with E-state index in [-0.39, 0.29) is 18.7 Å². The molecule has 0 aromatic heterocycles. The molecule has 0 saturated carbocycles. The van der Waals surface area contributed by atoms with Gasteiger partial charge in [-0.15, -0.1) is 0 Å². The molecule has 232 valence electrons. The molecule has 2 N–H and O–H groups in total. The van der Waals surface area contributed by atoms with Gasteiger partial charge in [-0.2, -0.15) is 8.42 Å². The van der Waals surface area contributed by atoms with E-state index in [1.54, 1.807) is 0 Å². The molecule has 0 heterocycles. The molecule has 0 aromatic carbocycles. The summed E-state index contributed by atoms with van der Waals surface area (Å²) < 4.78 is 33.7. The van der Waals surface area contributed by atoms with Crippen LogP contribution in [0.25, 0.3) is 0 Å². The molecular formula is C32H68O5S. The van der Waals surface area contributed by atoms with Gasteiger partial charge in [-0.25, -0.2) is 8.37 Å². The third-order valence-electron chi connectivity index (χ3n) is 7.45. The quantitative estimate of drug-likeness (QED) is 0.0760. The molecule has 6 heteroatoms. The molecule has 38 heavy (non-hydrogen) atoms. The standard InChI is InChI=1S/C32H66O4S.H2O/c1-3-5-7-9-11-13-15-17-19-21-23-25-27-29-31-35-37(33,34)36-32-30-28-26-24-22-20-18-16-14-12-10-8-6-4-2;/h3-32H2,1-2H3;1H2. The van der Waals surface area contributed by atoms with Gasteiger partial charge in [0.05, 0.1) is 13.2 Å². The van der Waals surface area contributed by atoms with Gasteiger partial charge in [-0.1, -0.05) is 181 Å². The molecule has 0 atom stereocenters. The van der Waals surface area contributed by atoms with E-state index in [2.05, 4.69) is 13.8 Å². The number of unbranched alkanes of at least 4 members (excludes halogenated alkanes) is 26. The second kappa shape index (κ2) is 33.0. The maximum absolute atomic E-state index is 11.9. The molecule has 0 rings (SSSR count). The van der Waals surface area contributed by atoms with Gasteiger partial charge >= 0.3 is 10.4 Å². The van der Waals surface area contributed by atoms with Crippen molar-refractivity contribution in [3.63, 3.8) is 0 Å². The second-order valence-corrected chi connectivity index (χ2v) is 12.5. The minimum absolute atomic E-state index is 0. The normalized spacial score (nSPS) is 11.6. The number of hydrogen-bond donors (Lipinski definition) is 0. The highest BCUT2D eigenvalue weighted by Crippen LogP contribution is 2.15. The van der Waals surface area contributed by atoms with E-state index < -0.39 is 10.4 Å². The predicted molar refractivity (Wildman–Crippen MR) is 165 cm³/mol. The molecule has 0 saturated heterocycles. The zero-order chi connectivity index (χ0) is 27.1. The molecule has 0 aromatic rings. The van der Waals surface area contributed by atoms with Crippen molar-refractivity contribution in [2.75, 3.05) is 13.2 Å². The smallest absolute Gasteiger partial charge is 0.399 e. The molecule has 0 aliphatic rings. The Labute approximate surface area is 239 Å². The van der Waals surface area contributed by atoms with E-state index in [1.807, 2.05) is 0 Å². The maximum Gasteiger partial charge on any atom is 0.399 e. The van der Waals surface area contributed by atoms with Gasteiger partial charge in [0.25, 0.3) is 0 Å². The average Bonchev–Trinajstić information content (AvgIpc) is 2.88. The third kappa shape index (κ3) is 33.9. The summed E-state index contributed by atoms with van der Waals surface area (Å²) >= 11 is 0. The van der Waals surface area contributed by atoms with Crippen LogP contribution in [0.1, 0.15) is 194 Å². The lowest BCUT2D eigenvalue weighted by atomic mass is 10.0. The Morgan fingerprint density at radius 3 is 0.737 bits per heavy atom. The highest BCUT2D eigenvalue weighted by Gasteiger charge is 2.11. The van der Waals surface area contributed by atoms with E-state index in [9.17, 15) is 8.42 Å². The van der Waals surface area contributed by atoms with Crippen LogP contribution in [-0.4, -0.2) is 27.1 Å². The van der Waals surface area contributed by atoms with Crippen molar-refractivity contribution < 1.29 is 22.3 Å². The molecule has 0 aliphatic carbocycles. The Morgan fingerprint density at radius 1 is 0.342 bits per heavy atom. The number of rotatable bonds is 32. The summed E-state index contributed by atoms with van der Waals surface area (Å²) in [4.78, 5) is 0. The minimum atomic E-state index is -3.82. The Kier molecular flexibility index (Phi) is 34.8. The van der Waals surface area contributed by atoms with E-state index in [0.29, 0.717) is 0 Å². The van der Waals surface area contributed by atoms with Crippen LogP contribution in [0.3, 0.4) is 0 Å². The van der Waals surface area contributed by atoms with Gasteiger partial charge in [-0.3, -0.25) is 0 Å². The van der Waals surface area contributed by atoms with Crippen molar-refractivity contribution in [2.24, 2.45) is 0 Å². The molecule has 0 bridgehead atoms. The van der Waals surface area contributed by atoms with Gasteiger partial charge in [-0.05, 0) is 12.8 Å². The summed E-state index contributed by atoms with van der Waals surface area (Å²) in [5.74, 6) is 0. The van der Waals surface area contributed by atoms with Crippen LogP contribution < -0.4 is 0 Å². The topological polar surface area (TPSA) is 84.1 Å². The summed E-state index contributed by atoms with van der Waals surface area (Å²) in [5.41, 5.74) is 0. The first-order valence-electron chi connectivity index (χ1n) is 16.7. The summed E-state index contributed by atoms with van der Waals surface area (Å²) in [6.07, 6.45) is 36.0. The van der Waals surface area contributed by atoms with Crippen molar-refractivity contribution in [3.8, 4) is 0 Å². The van der Waals surface area contributed by atoms with Crippen LogP contribution >= 0.6 is 0 Å². The summed E-state index contributed by atoms with van der Waals surface area (Å²) in [7, 11) is -3.82. The van der Waals surface area contributed by atoms with Crippen molar-refractivity contribution in [2.45, 2.75) is 194 Å². The zero-order valence-electron chi connectivity index (χ0n) is 25.8. The Balaban J connectivity index is 0. The molecule has 0 radical (unpaired) electrons. The summed E-state index contributed by atoms with van der Waals surface area (Å²) in [6.45, 7) is 5.04. The van der Waals surface area contributed by atoms with Crippen molar-refractivity contribution in [1.82, 2.24) is 0 Å². The summed E-state index contributed by atoms with van der Waals surface area (Å²) in [5, 5.41) is 0. The molecule has 5 nitrogen and oxygen atoms in total. The van der Waals surface area contributed by atoms with Crippen LogP contribution in [-0.2, 0) is 18.8 Å². The molecule has 0 aliphatic heterocycles. The Hall–Kier alpha value is -0.170. The largest absolute Gasteiger partial charge is 0.412 e. The first-order chi connectivity index (χ1) is 18.1. The SMILES string of the molecule is CCCCCCCCCCCCCCCCOS(=O)(=O)OCCCCCCCCCCCCCCCC.O. The van der Waals surface area contributed by atoms with Crippen molar-refractivity contribution >= 4 is 10.4 Å². The Morgan fingerprint density at radius 2 is 0.526 bits per heavy atom. The van der Waals surface area contributed by atoms with Gasteiger partial charge in [0.2, 0.25) is 0 Å². The lowest BCUT2D eigenvalue weighted by Crippen LogP contribution is -2.12. The fraction of sp³-hybridized carbons (Fsp3) is 1.00. The molecule has 0 fully saturated rings. The molecule has 0 spiro atoms. The first kappa shape index (κ1) is 40.0. The van der Waals surface area contributed by atoms with Crippen LogP contribution in [0, 0.1) is 0 Å². The highest BCUT2D eigenvalue weighted by molar-refractivity contribution is 7.81. The maximum atomic E-state index is 11.9. The van der Waals surface area contributed by atoms with Crippen molar-refractivity contribution in [3.05, 3.63) is 0 Å². The third-order valence-corrected chi connectivity index (χ3v) is 8.36. The molecule has 0 unspecified atom stereocenters. The van der Waals surface area contributed by atoms with Gasteiger partial charge < -0.3 is 5.48 Å². The van der Waals surface area contributed by atoms with E-state index in [1.165, 1.54) is 154 Å². The fourth-order valence-electron chi connectivity index (χ4n) is 4.95. The lowest BCUT2D eigenvalue weighted by molar-refractivity contribution is 0.208. The van der Waals surface area contributed by atoms with Gasteiger partial charge in [0.15, 0.2) is 0 Å². The first-order valence-corrected chi connectivity index (χ1v) is 18.0. The van der Waals surface area contributed by atoms with E-state index in [4.69, 9.17) is 8.37 Å². The second-order valence-electron chi connectivity index (χ2n) is 11.2. The average molecular weight is 565 g/mol. The minimum Gasteiger partial charge on any atom is -0.412 e. The van der Waals surface area contributed by atoms with Gasteiger partial charge in [0.1, 0.15) is 0 Å². The molecular weight excluding hydrogens is 496 g/mol. The Bertz CT molecular complexity index is 484. The van der Waals surface area contributed by atoms with Crippen molar-refractivity contribution in [1.29, 1.82) is 0 Å². The van der Waals surface area contributed by atoms with E-state index >= 15 is 0 Å². The molecule has 0 amide bonds. The highest BCUT2D eigenvalue weighted by atomic mass is 32.3. The number of hydrogen-bond acceptors (Lipinski definition) is 4. The lowest BCUT2D eigenvalue weighted by Gasteiger charge is -2.07. The monoisotopic (exact) mass is 564 g/mol. The van der Waals surface area contributed by atoms with Crippen LogP contribution in [0.2, 0.25) is 0 Å². The van der Waals surface area contributed by atoms with Gasteiger partial charge in [0, 0.05) is 0 Å². The van der Waals surface area contributed by atoms with Crippen LogP contribution in [0.15, 0.2) is 0 Å². The predicted octanol–water partition coefficient (Wildman–Crippen LogP) is 10.4. The van der Waals surface area contributed by atoms with Crippen LogP contribution in [0.4, 0.5) is 0 Å². The van der Waals surface area contributed by atoms with Crippen LogP contribution in [0.5, 0.6) is 0 Å². The summed E-state index contributed by atoms with van der Waals surface area (Å²) in [6, 6.07) is 0. The zero-order valence-corrected chi connectivity index (χ0v) is 26.6.